The fourth-order valence-corrected chi connectivity index (χ4v) is 10.4. The molecule has 1 aliphatic heterocycles. The normalized spacial score (nSPS) is 22.6. The molecule has 0 amide bonds. The number of ether oxygens (including phenoxy) is 3. The molecule has 2 heterocycles. The van der Waals surface area contributed by atoms with Crippen LogP contribution in [0.25, 0.3) is 33.5 Å². The van der Waals surface area contributed by atoms with Crippen LogP contribution in [0.15, 0.2) is 78.9 Å². The Morgan fingerprint density at radius 2 is 1.75 bits per heavy atom. The Kier molecular flexibility index (Phi) is 10.9. The van der Waals surface area contributed by atoms with Crippen molar-refractivity contribution < 1.29 is 19.0 Å². The molecule has 57 heavy (non-hydrogen) atoms. The van der Waals surface area contributed by atoms with Crippen LogP contribution >= 0.6 is 0 Å². The number of carbonyl (C=O) groups is 1. The lowest BCUT2D eigenvalue weighted by molar-refractivity contribution is -0.157. The number of H-pyrrole nitrogens is 1. The number of hydrogen-bond donors (Lipinski definition) is 1. The molecule has 0 bridgehead atoms. The van der Waals surface area contributed by atoms with Crippen LogP contribution in [-0.2, 0) is 39.1 Å². The minimum absolute atomic E-state index is 0.0877. The van der Waals surface area contributed by atoms with E-state index in [1.54, 1.807) is 11.1 Å². The number of imidazole rings is 1. The molecule has 1 aromatic heterocycles. The number of aryl methyl sites for hydroxylation is 1. The lowest BCUT2D eigenvalue weighted by Crippen LogP contribution is -2.50. The van der Waals surface area contributed by atoms with E-state index < -0.39 is 11.6 Å². The van der Waals surface area contributed by atoms with Crippen LogP contribution in [0, 0.1) is 11.3 Å². The standard InChI is InChI=1S/C50H61N3O4/c1-33(2)35-15-18-42-37(28-35)16-20-44-49(6,21-10-22-50(42,44)7)30-41-40(36-12-8-11-34(27-36)31-53-23-25-55-26-24-53)17-19-43-46(41)52-47(51-43)38-13-9-14-39(29-38)56-32-45(54)57-48(3,4)5/h8-9,11-15,17-19,27-29,33,44H,10,16,20-26,30-32H2,1-7H3,(H,51,52)/t44-,49+,50+/m0/s1. The predicted octanol–water partition coefficient (Wildman–Crippen LogP) is 10.8. The Morgan fingerprint density at radius 1 is 0.965 bits per heavy atom. The van der Waals surface area contributed by atoms with Crippen LogP contribution in [0.3, 0.4) is 0 Å². The van der Waals surface area contributed by atoms with Gasteiger partial charge in [0.05, 0.1) is 24.2 Å². The molecule has 1 saturated carbocycles. The number of carbonyl (C=O) groups excluding carboxylic acids is 1. The van der Waals surface area contributed by atoms with Gasteiger partial charge in [0.1, 0.15) is 17.2 Å². The van der Waals surface area contributed by atoms with Crippen molar-refractivity contribution >= 4 is 17.0 Å². The summed E-state index contributed by atoms with van der Waals surface area (Å²) in [5, 5.41) is 0. The number of fused-ring (bicyclic) bond motifs is 4. The average Bonchev–Trinajstić information content (AvgIpc) is 3.62. The van der Waals surface area contributed by atoms with Gasteiger partial charge in [-0.2, -0.15) is 0 Å². The lowest BCUT2D eigenvalue weighted by atomic mass is 9.48. The van der Waals surface area contributed by atoms with Crippen LogP contribution in [0.4, 0.5) is 0 Å². The molecule has 2 fully saturated rings. The second-order valence-corrected chi connectivity index (χ2v) is 18.8. The van der Waals surface area contributed by atoms with Gasteiger partial charge in [-0.25, -0.2) is 9.78 Å². The van der Waals surface area contributed by atoms with Crippen LogP contribution in [0.2, 0.25) is 0 Å². The molecule has 4 aromatic carbocycles. The molecule has 8 rings (SSSR count). The maximum Gasteiger partial charge on any atom is 0.344 e. The largest absolute Gasteiger partial charge is 0.482 e. The Hall–Kier alpha value is -4.46. The first-order chi connectivity index (χ1) is 27.3. The van der Waals surface area contributed by atoms with Crippen molar-refractivity contribution in [3.8, 4) is 28.3 Å². The summed E-state index contributed by atoms with van der Waals surface area (Å²) >= 11 is 0. The Bertz CT molecular complexity index is 2240. The minimum Gasteiger partial charge on any atom is -0.482 e. The predicted molar refractivity (Wildman–Crippen MR) is 230 cm³/mol. The third-order valence-corrected chi connectivity index (χ3v) is 13.1. The van der Waals surface area contributed by atoms with Gasteiger partial charge in [-0.05, 0) is 139 Å². The molecular formula is C50H61N3O4. The molecule has 7 heteroatoms. The second kappa shape index (κ2) is 15.7. The van der Waals surface area contributed by atoms with Gasteiger partial charge < -0.3 is 19.2 Å². The number of esters is 1. The summed E-state index contributed by atoms with van der Waals surface area (Å²) in [5.41, 5.74) is 12.4. The van der Waals surface area contributed by atoms with Gasteiger partial charge in [0.15, 0.2) is 6.61 Å². The molecule has 5 aromatic rings. The number of aromatic amines is 1. The lowest BCUT2D eigenvalue weighted by Gasteiger charge is -2.56. The molecule has 300 valence electrons. The first-order valence-electron chi connectivity index (χ1n) is 21.3. The Labute approximate surface area is 339 Å². The fourth-order valence-electron chi connectivity index (χ4n) is 10.4. The summed E-state index contributed by atoms with van der Waals surface area (Å²) in [6.45, 7) is 19.6. The van der Waals surface area contributed by atoms with Crippen LogP contribution in [0.5, 0.6) is 5.75 Å². The second-order valence-electron chi connectivity index (χ2n) is 18.8. The van der Waals surface area contributed by atoms with Crippen molar-refractivity contribution in [1.29, 1.82) is 0 Å². The summed E-state index contributed by atoms with van der Waals surface area (Å²) in [6.07, 6.45) is 6.97. The number of rotatable bonds is 10. The van der Waals surface area contributed by atoms with Gasteiger partial charge in [0.2, 0.25) is 0 Å². The number of nitrogens with zero attached hydrogens (tertiary/aromatic N) is 2. The highest BCUT2D eigenvalue weighted by atomic mass is 16.6. The van der Waals surface area contributed by atoms with E-state index in [4.69, 9.17) is 19.2 Å². The molecule has 1 saturated heterocycles. The maximum atomic E-state index is 12.4. The minimum atomic E-state index is -0.566. The van der Waals surface area contributed by atoms with Crippen molar-refractivity contribution in [2.24, 2.45) is 11.3 Å². The average molecular weight is 768 g/mol. The van der Waals surface area contributed by atoms with Gasteiger partial charge in [0, 0.05) is 25.2 Å². The molecule has 2 aliphatic carbocycles. The smallest absolute Gasteiger partial charge is 0.344 e. The van der Waals surface area contributed by atoms with E-state index >= 15 is 0 Å². The molecule has 0 spiro atoms. The number of benzene rings is 4. The van der Waals surface area contributed by atoms with Crippen LogP contribution in [0.1, 0.15) is 108 Å². The van der Waals surface area contributed by atoms with E-state index in [9.17, 15) is 4.79 Å². The number of morpholine rings is 1. The van der Waals surface area contributed by atoms with Gasteiger partial charge in [-0.1, -0.05) is 88.7 Å². The van der Waals surface area contributed by atoms with Crippen molar-refractivity contribution in [2.45, 2.75) is 110 Å². The first kappa shape index (κ1) is 39.4. The van der Waals surface area contributed by atoms with Crippen molar-refractivity contribution in [3.05, 3.63) is 107 Å². The third-order valence-electron chi connectivity index (χ3n) is 13.1. The van der Waals surface area contributed by atoms with Gasteiger partial charge >= 0.3 is 5.97 Å². The third kappa shape index (κ3) is 8.29. The summed E-state index contributed by atoms with van der Waals surface area (Å²) in [5.74, 6) is 2.10. The molecule has 7 nitrogen and oxygen atoms in total. The van der Waals surface area contributed by atoms with E-state index in [1.807, 2.05) is 45.0 Å². The van der Waals surface area contributed by atoms with Crippen molar-refractivity contribution in [1.82, 2.24) is 14.9 Å². The quantitative estimate of drug-likeness (QED) is 0.143. The monoisotopic (exact) mass is 767 g/mol. The zero-order valence-corrected chi connectivity index (χ0v) is 35.2. The highest BCUT2D eigenvalue weighted by Gasteiger charge is 2.52. The van der Waals surface area contributed by atoms with E-state index in [0.29, 0.717) is 17.6 Å². The van der Waals surface area contributed by atoms with E-state index in [2.05, 4.69) is 92.2 Å². The van der Waals surface area contributed by atoms with E-state index in [-0.39, 0.29) is 17.4 Å². The number of aromatic nitrogens is 2. The van der Waals surface area contributed by atoms with Gasteiger partial charge in [-0.15, -0.1) is 0 Å². The van der Waals surface area contributed by atoms with Crippen LogP contribution in [-0.4, -0.2) is 59.3 Å². The Morgan fingerprint density at radius 3 is 2.54 bits per heavy atom. The summed E-state index contributed by atoms with van der Waals surface area (Å²) in [4.78, 5) is 24.0. The summed E-state index contributed by atoms with van der Waals surface area (Å²) < 4.78 is 17.0. The zero-order chi connectivity index (χ0) is 40.0. The van der Waals surface area contributed by atoms with Crippen LogP contribution < -0.4 is 4.74 Å². The summed E-state index contributed by atoms with van der Waals surface area (Å²) in [7, 11) is 0. The summed E-state index contributed by atoms with van der Waals surface area (Å²) in [6, 6.07) is 28.9. The highest BCUT2D eigenvalue weighted by molar-refractivity contribution is 5.89. The highest BCUT2D eigenvalue weighted by Crippen LogP contribution is 2.59. The van der Waals surface area contributed by atoms with Crippen molar-refractivity contribution in [2.75, 3.05) is 32.9 Å². The molecule has 3 aliphatic rings. The molecular weight excluding hydrogens is 707 g/mol. The molecule has 0 radical (unpaired) electrons. The number of nitrogens with one attached hydrogen (secondary N) is 1. The van der Waals surface area contributed by atoms with E-state index in [0.717, 1.165) is 68.1 Å². The number of hydrogen-bond acceptors (Lipinski definition) is 6. The van der Waals surface area contributed by atoms with Gasteiger partial charge in [-0.3, -0.25) is 4.90 Å². The first-order valence-corrected chi connectivity index (χ1v) is 21.3. The topological polar surface area (TPSA) is 76.7 Å². The zero-order valence-electron chi connectivity index (χ0n) is 35.2. The molecule has 3 atom stereocenters. The van der Waals surface area contributed by atoms with E-state index in [1.165, 1.54) is 53.5 Å². The maximum absolute atomic E-state index is 12.4. The van der Waals surface area contributed by atoms with Gasteiger partial charge in [0.25, 0.3) is 0 Å². The fraction of sp³-hybridized carbons (Fsp3) is 0.480. The molecule has 1 N–H and O–H groups in total. The Balaban J connectivity index is 1.17. The molecule has 0 unspecified atom stereocenters. The van der Waals surface area contributed by atoms with Crippen molar-refractivity contribution in [3.63, 3.8) is 0 Å². The SMILES string of the molecule is CC(C)c1ccc2c(c1)CC[C@H]1[C@@](C)(Cc3c(-c4cccc(CN5CCOCC5)c4)ccc4[nH]c(-c5cccc(OCC(=O)OC(C)(C)C)c5)nc34)CCC[C@]21C.